The van der Waals surface area contributed by atoms with Crippen LogP contribution in [0, 0.1) is 3.57 Å². The molecule has 0 unspecified atom stereocenters. The van der Waals surface area contributed by atoms with Crippen molar-refractivity contribution in [1.82, 2.24) is 5.32 Å². The van der Waals surface area contributed by atoms with Crippen LogP contribution in [0.5, 0.6) is 0 Å². The minimum absolute atomic E-state index is 0.138. The van der Waals surface area contributed by atoms with Crippen molar-refractivity contribution in [2.45, 2.75) is 18.9 Å². The zero-order valence-electron chi connectivity index (χ0n) is 11.8. The number of anilines is 1. The Morgan fingerprint density at radius 3 is 2.32 bits per heavy atom. The van der Waals surface area contributed by atoms with Crippen LogP contribution in [0.2, 0.25) is 0 Å². The maximum Gasteiger partial charge on any atom is 0.255 e. The third kappa shape index (κ3) is 3.65. The van der Waals surface area contributed by atoms with Crippen molar-refractivity contribution in [1.29, 1.82) is 0 Å². The summed E-state index contributed by atoms with van der Waals surface area (Å²) in [5.74, 6) is -0.357. The van der Waals surface area contributed by atoms with Gasteiger partial charge in [0.05, 0.1) is 11.3 Å². The van der Waals surface area contributed by atoms with Gasteiger partial charge in [-0.05, 0) is 71.8 Å². The Labute approximate surface area is 142 Å². The molecule has 1 aliphatic rings. The first-order chi connectivity index (χ1) is 10.6. The quantitative estimate of drug-likeness (QED) is 0.765. The first-order valence-corrected chi connectivity index (χ1v) is 8.18. The Kier molecular flexibility index (Phi) is 4.42. The highest BCUT2D eigenvalue weighted by molar-refractivity contribution is 14.1. The van der Waals surface area contributed by atoms with Crippen LogP contribution in [0.1, 0.15) is 33.6 Å². The van der Waals surface area contributed by atoms with Crippen molar-refractivity contribution in [3.8, 4) is 0 Å². The zero-order chi connectivity index (χ0) is 15.5. The molecule has 2 aromatic carbocycles. The fraction of sp³-hybridized carbons (Fsp3) is 0.176. The molecule has 0 aliphatic heterocycles. The maximum absolute atomic E-state index is 12.3. The van der Waals surface area contributed by atoms with Crippen LogP contribution in [-0.2, 0) is 0 Å². The molecular weight excluding hydrogens is 391 g/mol. The normalized spacial score (nSPS) is 13.5. The van der Waals surface area contributed by atoms with E-state index in [4.69, 9.17) is 0 Å². The van der Waals surface area contributed by atoms with Crippen molar-refractivity contribution >= 4 is 40.1 Å². The third-order valence-corrected chi connectivity index (χ3v) is 4.16. The van der Waals surface area contributed by atoms with Crippen LogP contribution in [0.25, 0.3) is 0 Å². The van der Waals surface area contributed by atoms with Gasteiger partial charge in [-0.2, -0.15) is 0 Å². The summed E-state index contributed by atoms with van der Waals surface area (Å²) in [7, 11) is 0. The molecule has 112 valence electrons. The maximum atomic E-state index is 12.3. The van der Waals surface area contributed by atoms with Gasteiger partial charge in [0.1, 0.15) is 0 Å². The van der Waals surface area contributed by atoms with Gasteiger partial charge in [-0.1, -0.05) is 12.1 Å². The van der Waals surface area contributed by atoms with Crippen LogP contribution in [-0.4, -0.2) is 17.9 Å². The molecule has 4 nitrogen and oxygen atoms in total. The number of halogens is 1. The number of carbonyl (C=O) groups is 2. The summed E-state index contributed by atoms with van der Waals surface area (Å²) < 4.78 is 1.07. The summed E-state index contributed by atoms with van der Waals surface area (Å²) in [6, 6.07) is 14.6. The van der Waals surface area contributed by atoms with Crippen LogP contribution >= 0.6 is 22.6 Å². The highest BCUT2D eigenvalue weighted by atomic mass is 127. The Hall–Kier alpha value is -1.89. The number of nitrogens with one attached hydrogen (secondary N) is 2. The van der Waals surface area contributed by atoms with Crippen molar-refractivity contribution in [3.05, 3.63) is 63.2 Å². The molecule has 2 aromatic rings. The fourth-order valence-corrected chi connectivity index (χ4v) is 2.44. The molecule has 2 amide bonds. The Bertz CT molecular complexity index is 709. The average Bonchev–Trinajstić information content (AvgIpc) is 3.32. The zero-order valence-corrected chi connectivity index (χ0v) is 14.0. The summed E-state index contributed by atoms with van der Waals surface area (Å²) in [4.78, 5) is 24.5. The predicted octanol–water partition coefficient (Wildman–Crippen LogP) is 3.44. The number of para-hydroxylation sites is 1. The second-order valence-electron chi connectivity index (χ2n) is 5.25. The molecule has 0 bridgehead atoms. The van der Waals surface area contributed by atoms with Gasteiger partial charge in [0.25, 0.3) is 11.8 Å². The predicted molar refractivity (Wildman–Crippen MR) is 94.0 cm³/mol. The lowest BCUT2D eigenvalue weighted by molar-refractivity contribution is 0.0952. The molecule has 0 aromatic heterocycles. The topological polar surface area (TPSA) is 58.2 Å². The van der Waals surface area contributed by atoms with E-state index in [-0.39, 0.29) is 17.9 Å². The average molecular weight is 406 g/mol. The summed E-state index contributed by atoms with van der Waals surface area (Å²) in [5.41, 5.74) is 1.59. The summed E-state index contributed by atoms with van der Waals surface area (Å²) in [6.07, 6.45) is 2.06. The van der Waals surface area contributed by atoms with E-state index in [1.165, 1.54) is 0 Å². The van der Waals surface area contributed by atoms with E-state index in [2.05, 4.69) is 33.2 Å². The van der Waals surface area contributed by atoms with Crippen molar-refractivity contribution < 1.29 is 9.59 Å². The molecular formula is C17H15IN2O2. The molecule has 0 radical (unpaired) electrons. The SMILES string of the molecule is O=C(Nc1ccccc1C(=O)NC1CC1)c1ccc(I)cc1. The van der Waals surface area contributed by atoms with Gasteiger partial charge >= 0.3 is 0 Å². The van der Waals surface area contributed by atoms with Crippen LogP contribution in [0.4, 0.5) is 5.69 Å². The molecule has 5 heteroatoms. The molecule has 3 rings (SSSR count). The van der Waals surface area contributed by atoms with Gasteiger partial charge in [-0.15, -0.1) is 0 Å². The molecule has 0 saturated heterocycles. The number of hydrogen-bond acceptors (Lipinski definition) is 2. The molecule has 1 aliphatic carbocycles. The third-order valence-electron chi connectivity index (χ3n) is 3.44. The first-order valence-electron chi connectivity index (χ1n) is 7.10. The van der Waals surface area contributed by atoms with E-state index in [0.717, 1.165) is 16.4 Å². The monoisotopic (exact) mass is 406 g/mol. The largest absolute Gasteiger partial charge is 0.349 e. The van der Waals surface area contributed by atoms with Gasteiger partial charge in [0.15, 0.2) is 0 Å². The first kappa shape index (κ1) is 15.0. The van der Waals surface area contributed by atoms with Crippen molar-refractivity contribution in [2.24, 2.45) is 0 Å². The van der Waals surface area contributed by atoms with Gasteiger partial charge < -0.3 is 10.6 Å². The number of carbonyl (C=O) groups excluding carboxylic acids is 2. The van der Waals surface area contributed by atoms with Crippen LogP contribution in [0.3, 0.4) is 0 Å². The standard InChI is InChI=1S/C17H15IN2O2/c18-12-7-5-11(6-8-12)16(21)20-15-4-2-1-3-14(15)17(22)19-13-9-10-13/h1-8,13H,9-10H2,(H,19,22)(H,20,21). The molecule has 0 heterocycles. The molecule has 0 spiro atoms. The number of hydrogen-bond donors (Lipinski definition) is 2. The van der Waals surface area contributed by atoms with Gasteiger partial charge in [0, 0.05) is 15.2 Å². The fourth-order valence-electron chi connectivity index (χ4n) is 2.08. The Balaban J connectivity index is 1.78. The molecule has 22 heavy (non-hydrogen) atoms. The van der Waals surface area contributed by atoms with Crippen LogP contribution in [0.15, 0.2) is 48.5 Å². The van der Waals surface area contributed by atoms with Crippen molar-refractivity contribution in [2.75, 3.05) is 5.32 Å². The number of amides is 2. The molecule has 1 saturated carbocycles. The summed E-state index contributed by atoms with van der Waals surface area (Å²) in [5, 5.41) is 5.76. The Morgan fingerprint density at radius 1 is 0.955 bits per heavy atom. The molecule has 1 fully saturated rings. The Morgan fingerprint density at radius 2 is 1.64 bits per heavy atom. The van der Waals surface area contributed by atoms with Crippen molar-refractivity contribution in [3.63, 3.8) is 0 Å². The van der Waals surface area contributed by atoms with E-state index in [0.29, 0.717) is 16.8 Å². The van der Waals surface area contributed by atoms with Crippen LogP contribution < -0.4 is 10.6 Å². The lowest BCUT2D eigenvalue weighted by Crippen LogP contribution is -2.27. The summed E-state index contributed by atoms with van der Waals surface area (Å²) in [6.45, 7) is 0. The molecule has 0 atom stereocenters. The highest BCUT2D eigenvalue weighted by Gasteiger charge is 2.25. The highest BCUT2D eigenvalue weighted by Crippen LogP contribution is 2.22. The van der Waals surface area contributed by atoms with Gasteiger partial charge in [-0.3, -0.25) is 9.59 Å². The lowest BCUT2D eigenvalue weighted by Gasteiger charge is -2.11. The van der Waals surface area contributed by atoms with E-state index in [9.17, 15) is 9.59 Å². The summed E-state index contributed by atoms with van der Waals surface area (Å²) >= 11 is 2.19. The van der Waals surface area contributed by atoms with E-state index >= 15 is 0 Å². The minimum Gasteiger partial charge on any atom is -0.349 e. The molecule has 2 N–H and O–H groups in total. The van der Waals surface area contributed by atoms with Gasteiger partial charge in [0.2, 0.25) is 0 Å². The minimum atomic E-state index is -0.219. The second-order valence-corrected chi connectivity index (χ2v) is 6.50. The second kappa shape index (κ2) is 6.48. The number of rotatable bonds is 4. The van der Waals surface area contributed by atoms with E-state index < -0.39 is 0 Å². The van der Waals surface area contributed by atoms with Gasteiger partial charge in [-0.25, -0.2) is 0 Å². The smallest absolute Gasteiger partial charge is 0.255 e. The number of benzene rings is 2. The van der Waals surface area contributed by atoms with E-state index in [1.54, 1.807) is 36.4 Å². The van der Waals surface area contributed by atoms with E-state index in [1.807, 2.05) is 12.1 Å². The lowest BCUT2D eigenvalue weighted by atomic mass is 10.1.